The van der Waals surface area contributed by atoms with Gasteiger partial charge in [0.25, 0.3) is 11.8 Å². The van der Waals surface area contributed by atoms with E-state index in [1.807, 2.05) is 56.3 Å². The molecule has 182 valence electrons. The molecule has 0 fully saturated rings. The molecular formula is C28H36N2O4. The van der Waals surface area contributed by atoms with Crippen LogP contribution < -0.4 is 10.1 Å². The Morgan fingerprint density at radius 2 is 1.68 bits per heavy atom. The van der Waals surface area contributed by atoms with E-state index in [9.17, 15) is 9.59 Å². The van der Waals surface area contributed by atoms with Gasteiger partial charge in [-0.2, -0.15) is 0 Å². The molecule has 0 bridgehead atoms. The molecule has 2 aromatic rings. The van der Waals surface area contributed by atoms with E-state index in [0.717, 1.165) is 41.7 Å². The van der Waals surface area contributed by atoms with Gasteiger partial charge in [-0.3, -0.25) is 14.5 Å². The molecule has 2 amide bonds. The number of nitrogens with zero attached hydrogens (tertiary/aromatic N) is 1. The first-order valence-electron chi connectivity index (χ1n) is 12.2. The van der Waals surface area contributed by atoms with Gasteiger partial charge in [0.2, 0.25) is 0 Å². The highest BCUT2D eigenvalue weighted by Crippen LogP contribution is 2.33. The summed E-state index contributed by atoms with van der Waals surface area (Å²) in [5.74, 6) is 0.137. The maximum Gasteiger partial charge on any atom is 0.278 e. The van der Waals surface area contributed by atoms with Crippen LogP contribution in [-0.2, 0) is 14.3 Å². The Morgan fingerprint density at radius 1 is 0.882 bits per heavy atom. The average molecular weight is 465 g/mol. The fraction of sp³-hybridized carbons (Fsp3) is 0.429. The number of nitrogens with one attached hydrogen (secondary N) is 1. The summed E-state index contributed by atoms with van der Waals surface area (Å²) in [5, 5.41) is 3.23. The number of unbranched alkanes of at least 4 members (excludes halogenated alkanes) is 1. The third-order valence-electron chi connectivity index (χ3n) is 5.71. The Kier molecular flexibility index (Phi) is 9.28. The molecule has 2 aromatic carbocycles. The first kappa shape index (κ1) is 25.5. The van der Waals surface area contributed by atoms with Gasteiger partial charge in [-0.25, -0.2) is 0 Å². The van der Waals surface area contributed by atoms with E-state index in [1.54, 1.807) is 0 Å². The molecule has 0 aliphatic carbocycles. The summed E-state index contributed by atoms with van der Waals surface area (Å²) in [5.41, 5.74) is 4.25. The zero-order valence-corrected chi connectivity index (χ0v) is 20.8. The molecule has 0 radical (unpaired) electrons. The van der Waals surface area contributed by atoms with Crippen LogP contribution in [0.1, 0.15) is 56.2 Å². The number of aryl methyl sites for hydroxylation is 2. The minimum absolute atomic E-state index is 0.272. The second-order valence-electron chi connectivity index (χ2n) is 8.65. The minimum Gasteiger partial charge on any atom is -0.494 e. The van der Waals surface area contributed by atoms with Crippen LogP contribution in [0.15, 0.2) is 48.2 Å². The number of hydrogen-bond donors (Lipinski definition) is 1. The number of carbonyl (C=O) groups is 2. The second kappa shape index (κ2) is 12.4. The highest BCUT2D eigenvalue weighted by Gasteiger charge is 2.39. The summed E-state index contributed by atoms with van der Waals surface area (Å²) in [6.07, 6.45) is 3.60. The number of ether oxygens (including phenoxy) is 2. The molecule has 0 saturated heterocycles. The third-order valence-corrected chi connectivity index (χ3v) is 5.71. The van der Waals surface area contributed by atoms with Gasteiger partial charge in [0.05, 0.1) is 12.2 Å². The first-order valence-corrected chi connectivity index (χ1v) is 12.2. The molecule has 6 heteroatoms. The van der Waals surface area contributed by atoms with E-state index >= 15 is 0 Å². The van der Waals surface area contributed by atoms with Crippen LogP contribution in [0.2, 0.25) is 0 Å². The van der Waals surface area contributed by atoms with Crippen molar-refractivity contribution in [2.45, 2.75) is 53.4 Å². The lowest BCUT2D eigenvalue weighted by Gasteiger charge is -2.15. The van der Waals surface area contributed by atoms with Crippen molar-refractivity contribution in [3.8, 4) is 5.75 Å². The predicted molar refractivity (Wildman–Crippen MR) is 136 cm³/mol. The van der Waals surface area contributed by atoms with Crippen LogP contribution in [0.5, 0.6) is 5.75 Å². The van der Waals surface area contributed by atoms with Crippen LogP contribution >= 0.6 is 0 Å². The lowest BCUT2D eigenvalue weighted by atomic mass is 9.97. The largest absolute Gasteiger partial charge is 0.494 e. The summed E-state index contributed by atoms with van der Waals surface area (Å²) < 4.78 is 11.4. The molecule has 0 unspecified atom stereocenters. The van der Waals surface area contributed by atoms with E-state index in [0.29, 0.717) is 49.7 Å². The number of carbonyl (C=O) groups excluding carboxylic acids is 2. The average Bonchev–Trinajstić information content (AvgIpc) is 3.04. The van der Waals surface area contributed by atoms with Crippen molar-refractivity contribution in [3.05, 3.63) is 64.9 Å². The van der Waals surface area contributed by atoms with E-state index < -0.39 is 0 Å². The summed E-state index contributed by atoms with van der Waals surface area (Å²) in [4.78, 5) is 28.2. The normalized spacial score (nSPS) is 13.7. The smallest absolute Gasteiger partial charge is 0.278 e. The summed E-state index contributed by atoms with van der Waals surface area (Å²) in [6, 6.07) is 13.4. The molecule has 3 rings (SSSR count). The molecule has 1 heterocycles. The number of imide groups is 1. The number of hydrogen-bond acceptors (Lipinski definition) is 5. The lowest BCUT2D eigenvalue weighted by molar-refractivity contribution is -0.137. The standard InChI is InChI=1S/C28H36N2O4/c1-5-7-16-33-17-9-14-30-27(31)25(24-13-12-20(3)18-21(24)4)26(28(30)32)29-22-10-8-11-23(19-22)34-15-6-2/h8,10-13,18-19,29H,5-7,9,14-17H2,1-4H3. The predicted octanol–water partition coefficient (Wildman–Crippen LogP) is 5.49. The van der Waals surface area contributed by atoms with Crippen LogP contribution in [-0.4, -0.2) is 43.1 Å². The van der Waals surface area contributed by atoms with Crippen LogP contribution in [0.25, 0.3) is 5.57 Å². The summed E-state index contributed by atoms with van der Waals surface area (Å²) in [6.45, 7) is 10.3. The maximum atomic E-state index is 13.5. The van der Waals surface area contributed by atoms with E-state index in [-0.39, 0.29) is 11.8 Å². The summed E-state index contributed by atoms with van der Waals surface area (Å²) in [7, 11) is 0. The zero-order valence-electron chi connectivity index (χ0n) is 20.8. The van der Waals surface area contributed by atoms with Crippen molar-refractivity contribution >= 4 is 23.1 Å². The first-order chi connectivity index (χ1) is 16.5. The Hall–Kier alpha value is -3.12. The monoisotopic (exact) mass is 464 g/mol. The quantitative estimate of drug-likeness (QED) is 0.314. The van der Waals surface area contributed by atoms with Gasteiger partial charge in [-0.15, -0.1) is 0 Å². The number of amides is 2. The Bertz CT molecular complexity index is 1040. The molecule has 34 heavy (non-hydrogen) atoms. The van der Waals surface area contributed by atoms with Crippen LogP contribution in [0, 0.1) is 13.8 Å². The van der Waals surface area contributed by atoms with Crippen molar-refractivity contribution < 1.29 is 19.1 Å². The topological polar surface area (TPSA) is 67.9 Å². The van der Waals surface area contributed by atoms with Crippen molar-refractivity contribution in [3.63, 3.8) is 0 Å². The SMILES string of the molecule is CCCCOCCCN1C(=O)C(Nc2cccc(OCCC)c2)=C(c2ccc(C)cc2C)C1=O. The molecule has 1 N–H and O–H groups in total. The van der Waals surface area contributed by atoms with Gasteiger partial charge in [-0.1, -0.05) is 50.1 Å². The minimum atomic E-state index is -0.312. The molecule has 1 aliphatic heterocycles. The zero-order chi connectivity index (χ0) is 24.5. The van der Waals surface area contributed by atoms with Gasteiger partial charge in [0.1, 0.15) is 11.4 Å². The van der Waals surface area contributed by atoms with Gasteiger partial charge in [0.15, 0.2) is 0 Å². The molecule has 0 spiro atoms. The van der Waals surface area contributed by atoms with E-state index in [4.69, 9.17) is 9.47 Å². The van der Waals surface area contributed by atoms with Crippen molar-refractivity contribution in [1.82, 2.24) is 4.90 Å². The maximum absolute atomic E-state index is 13.5. The molecular weight excluding hydrogens is 428 g/mol. The van der Waals surface area contributed by atoms with E-state index in [1.165, 1.54) is 4.90 Å². The molecule has 6 nitrogen and oxygen atoms in total. The van der Waals surface area contributed by atoms with Crippen molar-refractivity contribution in [2.75, 3.05) is 31.7 Å². The van der Waals surface area contributed by atoms with Crippen LogP contribution in [0.3, 0.4) is 0 Å². The van der Waals surface area contributed by atoms with Gasteiger partial charge >= 0.3 is 0 Å². The Labute approximate surface area is 202 Å². The highest BCUT2D eigenvalue weighted by atomic mass is 16.5. The van der Waals surface area contributed by atoms with Crippen molar-refractivity contribution in [1.29, 1.82) is 0 Å². The number of rotatable bonds is 13. The van der Waals surface area contributed by atoms with Crippen molar-refractivity contribution in [2.24, 2.45) is 0 Å². The second-order valence-corrected chi connectivity index (χ2v) is 8.65. The van der Waals surface area contributed by atoms with Crippen LogP contribution in [0.4, 0.5) is 5.69 Å². The third kappa shape index (κ3) is 6.26. The summed E-state index contributed by atoms with van der Waals surface area (Å²) >= 11 is 0. The highest BCUT2D eigenvalue weighted by molar-refractivity contribution is 6.36. The molecule has 0 atom stereocenters. The van der Waals surface area contributed by atoms with E-state index in [2.05, 4.69) is 19.2 Å². The number of anilines is 1. The lowest BCUT2D eigenvalue weighted by Crippen LogP contribution is -2.34. The Morgan fingerprint density at radius 3 is 2.41 bits per heavy atom. The fourth-order valence-electron chi connectivity index (χ4n) is 3.94. The molecule has 1 aliphatic rings. The van der Waals surface area contributed by atoms with Gasteiger partial charge < -0.3 is 14.8 Å². The van der Waals surface area contributed by atoms with Gasteiger partial charge in [0, 0.05) is 31.5 Å². The fourth-order valence-corrected chi connectivity index (χ4v) is 3.94. The Balaban J connectivity index is 1.87. The molecule has 0 saturated carbocycles. The molecule has 0 aromatic heterocycles. The van der Waals surface area contributed by atoms with Gasteiger partial charge in [-0.05, 0) is 56.4 Å². The number of benzene rings is 2.